The molecule has 3 N–H and O–H groups in total. The maximum absolute atomic E-state index is 12.3. The number of carbonyl (C=O) groups excluding carboxylic acids is 1. The lowest BCUT2D eigenvalue weighted by atomic mass is 10.00. The number of amides is 1. The zero-order chi connectivity index (χ0) is 14.5. The molecule has 1 unspecified atom stereocenters. The summed E-state index contributed by atoms with van der Waals surface area (Å²) in [6.07, 6.45) is 2.01. The summed E-state index contributed by atoms with van der Waals surface area (Å²) >= 11 is 1.65. The number of nitrogen functional groups attached to an aromatic ring is 1. The Balaban J connectivity index is 2.11. The SMILES string of the molecule is CSc1cccc(NC(=O)C(C)c2cccc(N)c2)c1. The van der Waals surface area contributed by atoms with Gasteiger partial charge in [-0.3, -0.25) is 4.79 Å². The fourth-order valence-corrected chi connectivity index (χ4v) is 2.39. The largest absolute Gasteiger partial charge is 0.399 e. The highest BCUT2D eigenvalue weighted by molar-refractivity contribution is 7.98. The zero-order valence-corrected chi connectivity index (χ0v) is 12.4. The van der Waals surface area contributed by atoms with Crippen LogP contribution in [0.15, 0.2) is 53.4 Å². The molecule has 0 aliphatic rings. The van der Waals surface area contributed by atoms with Gasteiger partial charge >= 0.3 is 0 Å². The van der Waals surface area contributed by atoms with E-state index in [9.17, 15) is 4.79 Å². The van der Waals surface area contributed by atoms with E-state index in [1.165, 1.54) is 0 Å². The predicted molar refractivity (Wildman–Crippen MR) is 86.1 cm³/mol. The van der Waals surface area contributed by atoms with Crippen molar-refractivity contribution in [2.45, 2.75) is 17.7 Å². The molecular weight excluding hydrogens is 268 g/mol. The lowest BCUT2D eigenvalue weighted by Crippen LogP contribution is -2.18. The summed E-state index contributed by atoms with van der Waals surface area (Å²) in [4.78, 5) is 13.4. The van der Waals surface area contributed by atoms with Crippen molar-refractivity contribution in [3.05, 3.63) is 54.1 Å². The number of hydrogen-bond acceptors (Lipinski definition) is 3. The van der Waals surface area contributed by atoms with E-state index in [0.29, 0.717) is 5.69 Å². The van der Waals surface area contributed by atoms with Crippen LogP contribution in [0.5, 0.6) is 0 Å². The molecule has 3 nitrogen and oxygen atoms in total. The molecule has 1 amide bonds. The van der Waals surface area contributed by atoms with E-state index in [1.807, 2.05) is 61.7 Å². The van der Waals surface area contributed by atoms with Crippen LogP contribution in [0.1, 0.15) is 18.4 Å². The van der Waals surface area contributed by atoms with Crippen LogP contribution in [0.2, 0.25) is 0 Å². The van der Waals surface area contributed by atoms with Crippen LogP contribution in [0.4, 0.5) is 11.4 Å². The Hall–Kier alpha value is -1.94. The van der Waals surface area contributed by atoms with Crippen LogP contribution in [0.3, 0.4) is 0 Å². The molecule has 0 aromatic heterocycles. The van der Waals surface area contributed by atoms with Crippen LogP contribution in [0, 0.1) is 0 Å². The molecule has 0 aliphatic heterocycles. The molecule has 0 aliphatic carbocycles. The van der Waals surface area contributed by atoms with Crippen molar-refractivity contribution in [2.24, 2.45) is 0 Å². The minimum absolute atomic E-state index is 0.0335. The van der Waals surface area contributed by atoms with Crippen molar-refractivity contribution in [1.29, 1.82) is 0 Å². The van der Waals surface area contributed by atoms with Gasteiger partial charge in [-0.05, 0) is 49.1 Å². The Kier molecular flexibility index (Phi) is 4.69. The molecule has 4 heteroatoms. The maximum Gasteiger partial charge on any atom is 0.231 e. The second-order valence-electron chi connectivity index (χ2n) is 4.61. The molecule has 104 valence electrons. The van der Waals surface area contributed by atoms with Crippen LogP contribution in [-0.4, -0.2) is 12.2 Å². The van der Waals surface area contributed by atoms with E-state index in [0.717, 1.165) is 16.1 Å². The third-order valence-corrected chi connectivity index (χ3v) is 3.87. The van der Waals surface area contributed by atoms with E-state index in [2.05, 4.69) is 5.32 Å². The van der Waals surface area contributed by atoms with Crippen LogP contribution >= 0.6 is 11.8 Å². The first-order valence-corrected chi connectivity index (χ1v) is 7.63. The second kappa shape index (κ2) is 6.48. The van der Waals surface area contributed by atoms with Crippen molar-refractivity contribution >= 4 is 29.0 Å². The van der Waals surface area contributed by atoms with Crippen molar-refractivity contribution in [1.82, 2.24) is 0 Å². The summed E-state index contributed by atoms with van der Waals surface area (Å²) in [6.45, 7) is 1.88. The average Bonchev–Trinajstić information content (AvgIpc) is 2.46. The Morgan fingerprint density at radius 3 is 2.65 bits per heavy atom. The van der Waals surface area contributed by atoms with Crippen molar-refractivity contribution in [3.63, 3.8) is 0 Å². The topological polar surface area (TPSA) is 55.1 Å². The monoisotopic (exact) mass is 286 g/mol. The molecular formula is C16H18N2OS. The molecule has 2 rings (SSSR count). The first-order chi connectivity index (χ1) is 9.60. The number of nitrogens with two attached hydrogens (primary N) is 1. The molecule has 2 aromatic carbocycles. The molecule has 0 fully saturated rings. The Morgan fingerprint density at radius 2 is 1.95 bits per heavy atom. The van der Waals surface area contributed by atoms with E-state index in [-0.39, 0.29) is 11.8 Å². The number of rotatable bonds is 4. The van der Waals surface area contributed by atoms with E-state index in [4.69, 9.17) is 5.73 Å². The maximum atomic E-state index is 12.3. The summed E-state index contributed by atoms with van der Waals surface area (Å²) < 4.78 is 0. The van der Waals surface area contributed by atoms with Crippen LogP contribution in [-0.2, 0) is 4.79 Å². The standard InChI is InChI=1S/C16H18N2OS/c1-11(12-5-3-6-13(17)9-12)16(19)18-14-7-4-8-15(10-14)20-2/h3-11H,17H2,1-2H3,(H,18,19). The lowest BCUT2D eigenvalue weighted by molar-refractivity contribution is -0.117. The predicted octanol–water partition coefficient (Wildman–Crippen LogP) is 3.73. The van der Waals surface area contributed by atoms with Crippen LogP contribution < -0.4 is 11.1 Å². The van der Waals surface area contributed by atoms with E-state index >= 15 is 0 Å². The molecule has 1 atom stereocenters. The number of thioether (sulfide) groups is 1. The van der Waals surface area contributed by atoms with Crippen molar-refractivity contribution in [2.75, 3.05) is 17.3 Å². The van der Waals surface area contributed by atoms with Gasteiger partial charge in [0.25, 0.3) is 0 Å². The molecule has 0 saturated carbocycles. The van der Waals surface area contributed by atoms with Gasteiger partial charge in [0.1, 0.15) is 0 Å². The zero-order valence-electron chi connectivity index (χ0n) is 11.6. The lowest BCUT2D eigenvalue weighted by Gasteiger charge is -2.13. The van der Waals surface area contributed by atoms with Crippen molar-refractivity contribution in [3.8, 4) is 0 Å². The van der Waals surface area contributed by atoms with Crippen LogP contribution in [0.25, 0.3) is 0 Å². The highest BCUT2D eigenvalue weighted by atomic mass is 32.2. The minimum atomic E-state index is -0.239. The number of nitrogens with one attached hydrogen (secondary N) is 1. The number of benzene rings is 2. The molecule has 2 aromatic rings. The fraction of sp³-hybridized carbons (Fsp3) is 0.188. The quantitative estimate of drug-likeness (QED) is 0.665. The van der Waals surface area contributed by atoms with Gasteiger partial charge in [-0.25, -0.2) is 0 Å². The van der Waals surface area contributed by atoms with Gasteiger partial charge in [-0.2, -0.15) is 0 Å². The Morgan fingerprint density at radius 1 is 1.20 bits per heavy atom. The first kappa shape index (κ1) is 14.5. The third-order valence-electron chi connectivity index (χ3n) is 3.14. The highest BCUT2D eigenvalue weighted by Crippen LogP contribution is 2.22. The summed E-state index contributed by atoms with van der Waals surface area (Å²) in [6, 6.07) is 15.2. The van der Waals surface area contributed by atoms with Gasteiger partial charge in [0.05, 0.1) is 5.92 Å². The van der Waals surface area contributed by atoms with Gasteiger partial charge in [0.2, 0.25) is 5.91 Å². The Labute approximate surface area is 123 Å². The normalized spacial score (nSPS) is 11.9. The van der Waals surface area contributed by atoms with Gasteiger partial charge in [-0.15, -0.1) is 11.8 Å². The third kappa shape index (κ3) is 3.54. The Bertz CT molecular complexity index is 613. The summed E-state index contributed by atoms with van der Waals surface area (Å²) in [7, 11) is 0. The first-order valence-electron chi connectivity index (χ1n) is 6.40. The number of anilines is 2. The van der Waals surface area contributed by atoms with E-state index in [1.54, 1.807) is 11.8 Å². The van der Waals surface area contributed by atoms with Gasteiger partial charge in [-0.1, -0.05) is 18.2 Å². The van der Waals surface area contributed by atoms with Gasteiger partial charge in [0.15, 0.2) is 0 Å². The molecule has 0 heterocycles. The molecule has 0 radical (unpaired) electrons. The number of carbonyl (C=O) groups is 1. The van der Waals surface area contributed by atoms with Gasteiger partial charge < -0.3 is 11.1 Å². The summed E-state index contributed by atoms with van der Waals surface area (Å²) in [5.74, 6) is -0.273. The number of hydrogen-bond donors (Lipinski definition) is 2. The summed E-state index contributed by atoms with van der Waals surface area (Å²) in [5.41, 5.74) is 8.16. The molecule has 0 spiro atoms. The second-order valence-corrected chi connectivity index (χ2v) is 5.49. The molecule has 20 heavy (non-hydrogen) atoms. The fourth-order valence-electron chi connectivity index (χ4n) is 1.93. The highest BCUT2D eigenvalue weighted by Gasteiger charge is 2.15. The molecule has 0 bridgehead atoms. The molecule has 0 saturated heterocycles. The van der Waals surface area contributed by atoms with Gasteiger partial charge in [0, 0.05) is 16.3 Å². The van der Waals surface area contributed by atoms with E-state index < -0.39 is 0 Å². The summed E-state index contributed by atoms with van der Waals surface area (Å²) in [5, 5.41) is 2.94. The minimum Gasteiger partial charge on any atom is -0.399 e. The van der Waals surface area contributed by atoms with Crippen molar-refractivity contribution < 1.29 is 4.79 Å². The smallest absolute Gasteiger partial charge is 0.231 e. The average molecular weight is 286 g/mol.